The highest BCUT2D eigenvalue weighted by molar-refractivity contribution is 7.17. The van der Waals surface area contributed by atoms with Crippen LogP contribution in [-0.4, -0.2) is 76.3 Å². The SMILES string of the molecule is CCN1CCN(c2nnc(-n3cccc3C(=O)N3CCCC3)s2)CC1. The summed E-state index contributed by atoms with van der Waals surface area (Å²) in [7, 11) is 0. The van der Waals surface area contributed by atoms with Crippen LogP contribution in [0.25, 0.3) is 5.13 Å². The normalized spacial score (nSPS) is 18.9. The van der Waals surface area contributed by atoms with Crippen molar-refractivity contribution >= 4 is 22.4 Å². The zero-order valence-corrected chi connectivity index (χ0v) is 15.4. The quantitative estimate of drug-likeness (QED) is 0.831. The molecule has 0 spiro atoms. The van der Waals surface area contributed by atoms with E-state index in [9.17, 15) is 4.79 Å². The molecule has 2 fully saturated rings. The van der Waals surface area contributed by atoms with Crippen LogP contribution < -0.4 is 4.90 Å². The van der Waals surface area contributed by atoms with Crippen molar-refractivity contribution < 1.29 is 4.79 Å². The van der Waals surface area contributed by atoms with Crippen LogP contribution >= 0.6 is 11.3 Å². The molecule has 4 rings (SSSR count). The number of hydrogen-bond donors (Lipinski definition) is 0. The lowest BCUT2D eigenvalue weighted by atomic mass is 10.3. The summed E-state index contributed by atoms with van der Waals surface area (Å²) in [6, 6.07) is 3.78. The van der Waals surface area contributed by atoms with Gasteiger partial charge in [0.05, 0.1) is 0 Å². The third kappa shape index (κ3) is 3.28. The fraction of sp³-hybridized carbons (Fsp3) is 0.588. The third-order valence-electron chi connectivity index (χ3n) is 5.06. The molecule has 0 atom stereocenters. The van der Waals surface area contributed by atoms with Crippen LogP contribution in [-0.2, 0) is 0 Å². The minimum atomic E-state index is 0.0933. The number of amides is 1. The van der Waals surface area contributed by atoms with E-state index in [4.69, 9.17) is 0 Å². The predicted octanol–water partition coefficient (Wildman–Crippen LogP) is 1.71. The second-order valence-corrected chi connectivity index (χ2v) is 7.49. The molecular weight excluding hydrogens is 336 g/mol. The second-order valence-electron chi connectivity index (χ2n) is 6.55. The Balaban J connectivity index is 1.51. The van der Waals surface area contributed by atoms with E-state index in [1.807, 2.05) is 27.8 Å². The second kappa shape index (κ2) is 7.13. The number of hydrogen-bond acceptors (Lipinski definition) is 6. The summed E-state index contributed by atoms with van der Waals surface area (Å²) in [4.78, 5) is 19.4. The van der Waals surface area contributed by atoms with E-state index in [1.165, 1.54) is 0 Å². The Morgan fingerprint density at radius 1 is 1.08 bits per heavy atom. The van der Waals surface area contributed by atoms with E-state index in [2.05, 4.69) is 26.9 Å². The Labute approximate surface area is 151 Å². The fourth-order valence-corrected chi connectivity index (χ4v) is 4.39. The van der Waals surface area contributed by atoms with E-state index in [0.717, 1.165) is 68.9 Å². The number of carbonyl (C=O) groups excluding carboxylic acids is 1. The van der Waals surface area contributed by atoms with Crippen LogP contribution in [0.3, 0.4) is 0 Å². The Morgan fingerprint density at radius 3 is 2.52 bits per heavy atom. The average Bonchev–Trinajstić information content (AvgIpc) is 3.42. The lowest BCUT2D eigenvalue weighted by Gasteiger charge is -2.33. The van der Waals surface area contributed by atoms with Gasteiger partial charge in [0.25, 0.3) is 5.91 Å². The van der Waals surface area contributed by atoms with Gasteiger partial charge >= 0.3 is 0 Å². The molecule has 2 aliphatic rings. The summed E-state index contributed by atoms with van der Waals surface area (Å²) in [6.45, 7) is 9.09. The van der Waals surface area contributed by atoms with Gasteiger partial charge in [-0.2, -0.15) is 0 Å². The Bertz CT molecular complexity index is 727. The molecule has 25 heavy (non-hydrogen) atoms. The van der Waals surface area contributed by atoms with Gasteiger partial charge < -0.3 is 14.7 Å². The van der Waals surface area contributed by atoms with Gasteiger partial charge in [-0.1, -0.05) is 18.3 Å². The topological polar surface area (TPSA) is 57.5 Å². The van der Waals surface area contributed by atoms with Crippen molar-refractivity contribution in [2.24, 2.45) is 0 Å². The Kier molecular flexibility index (Phi) is 4.72. The zero-order valence-electron chi connectivity index (χ0n) is 14.6. The van der Waals surface area contributed by atoms with E-state index in [-0.39, 0.29) is 5.91 Å². The maximum absolute atomic E-state index is 12.7. The highest BCUT2D eigenvalue weighted by Crippen LogP contribution is 2.26. The van der Waals surface area contributed by atoms with Gasteiger partial charge in [0.2, 0.25) is 10.3 Å². The molecule has 4 heterocycles. The summed E-state index contributed by atoms with van der Waals surface area (Å²) in [5.74, 6) is 0.0933. The van der Waals surface area contributed by atoms with Crippen LogP contribution in [0.1, 0.15) is 30.3 Å². The van der Waals surface area contributed by atoms with Gasteiger partial charge in [-0.05, 0) is 31.5 Å². The van der Waals surface area contributed by atoms with Crippen molar-refractivity contribution in [3.63, 3.8) is 0 Å². The molecular formula is C17H24N6OS. The lowest BCUT2D eigenvalue weighted by Crippen LogP contribution is -2.46. The molecule has 8 heteroatoms. The third-order valence-corrected chi connectivity index (χ3v) is 6.04. The highest BCUT2D eigenvalue weighted by Gasteiger charge is 2.24. The Hall–Kier alpha value is -1.93. The molecule has 2 aliphatic heterocycles. The zero-order chi connectivity index (χ0) is 17.2. The molecule has 2 saturated heterocycles. The maximum Gasteiger partial charge on any atom is 0.270 e. The molecule has 1 amide bonds. The van der Waals surface area contributed by atoms with E-state index < -0.39 is 0 Å². The van der Waals surface area contributed by atoms with Crippen molar-refractivity contribution in [3.8, 4) is 5.13 Å². The molecule has 134 valence electrons. The number of carbonyl (C=O) groups is 1. The van der Waals surface area contributed by atoms with Gasteiger partial charge in [-0.3, -0.25) is 9.36 Å². The monoisotopic (exact) mass is 360 g/mol. The number of likely N-dealkylation sites (tertiary alicyclic amines) is 1. The molecule has 0 saturated carbocycles. The molecule has 0 N–H and O–H groups in total. The van der Waals surface area contributed by atoms with Gasteiger partial charge in [0.1, 0.15) is 5.69 Å². The molecule has 0 bridgehead atoms. The van der Waals surface area contributed by atoms with Crippen molar-refractivity contribution in [3.05, 3.63) is 24.0 Å². The summed E-state index contributed by atoms with van der Waals surface area (Å²) >= 11 is 1.56. The lowest BCUT2D eigenvalue weighted by molar-refractivity contribution is 0.0785. The van der Waals surface area contributed by atoms with Crippen molar-refractivity contribution in [2.75, 3.05) is 50.7 Å². The molecule has 0 radical (unpaired) electrons. The van der Waals surface area contributed by atoms with Crippen LogP contribution in [0, 0.1) is 0 Å². The van der Waals surface area contributed by atoms with Crippen molar-refractivity contribution in [1.29, 1.82) is 0 Å². The summed E-state index contributed by atoms with van der Waals surface area (Å²) in [6.07, 6.45) is 4.10. The van der Waals surface area contributed by atoms with Gasteiger partial charge in [-0.25, -0.2) is 0 Å². The Morgan fingerprint density at radius 2 is 1.80 bits per heavy atom. The molecule has 0 aromatic carbocycles. The van der Waals surface area contributed by atoms with Gasteiger partial charge in [0.15, 0.2) is 0 Å². The minimum absolute atomic E-state index is 0.0933. The molecule has 0 aliphatic carbocycles. The van der Waals surface area contributed by atoms with E-state index >= 15 is 0 Å². The van der Waals surface area contributed by atoms with Crippen LogP contribution in [0.4, 0.5) is 5.13 Å². The first-order chi connectivity index (χ1) is 12.3. The van der Waals surface area contributed by atoms with Gasteiger partial charge in [-0.15, -0.1) is 10.2 Å². The smallest absolute Gasteiger partial charge is 0.270 e. The molecule has 2 aromatic rings. The van der Waals surface area contributed by atoms with Gasteiger partial charge in [0, 0.05) is 45.5 Å². The average molecular weight is 360 g/mol. The highest BCUT2D eigenvalue weighted by atomic mass is 32.1. The first-order valence-corrected chi connectivity index (χ1v) is 9.85. The van der Waals surface area contributed by atoms with E-state index in [0.29, 0.717) is 5.69 Å². The van der Waals surface area contributed by atoms with Crippen LogP contribution in [0.5, 0.6) is 0 Å². The fourth-order valence-electron chi connectivity index (χ4n) is 3.49. The van der Waals surface area contributed by atoms with Crippen LogP contribution in [0.15, 0.2) is 18.3 Å². The molecule has 7 nitrogen and oxygen atoms in total. The number of likely N-dealkylation sites (N-methyl/N-ethyl adjacent to an activating group) is 1. The molecule has 0 unspecified atom stereocenters. The van der Waals surface area contributed by atoms with Crippen molar-refractivity contribution in [1.82, 2.24) is 24.6 Å². The molecule has 2 aromatic heterocycles. The number of rotatable bonds is 4. The minimum Gasteiger partial charge on any atom is -0.344 e. The number of anilines is 1. The maximum atomic E-state index is 12.7. The van der Waals surface area contributed by atoms with Crippen LogP contribution in [0.2, 0.25) is 0 Å². The first kappa shape index (κ1) is 16.5. The van der Waals surface area contributed by atoms with Crippen molar-refractivity contribution in [2.45, 2.75) is 19.8 Å². The number of aromatic nitrogens is 3. The summed E-state index contributed by atoms with van der Waals surface area (Å²) in [5.41, 5.74) is 0.681. The summed E-state index contributed by atoms with van der Waals surface area (Å²) < 4.78 is 1.88. The largest absolute Gasteiger partial charge is 0.344 e. The number of nitrogens with zero attached hydrogens (tertiary/aromatic N) is 6. The van der Waals surface area contributed by atoms with E-state index in [1.54, 1.807) is 11.3 Å². The first-order valence-electron chi connectivity index (χ1n) is 9.04. The predicted molar refractivity (Wildman–Crippen MR) is 98.7 cm³/mol. The standard InChI is InChI=1S/C17H24N6OS/c1-2-20-10-12-22(13-11-20)16-18-19-17(25-16)23-9-5-6-14(23)15(24)21-7-3-4-8-21/h5-6,9H,2-4,7-8,10-13H2,1H3. The summed E-state index contributed by atoms with van der Waals surface area (Å²) in [5, 5.41) is 10.4. The number of piperazine rings is 1.